The summed E-state index contributed by atoms with van der Waals surface area (Å²) in [7, 11) is 1.67. The fraction of sp³-hybridized carbons (Fsp3) is 0.538. The van der Waals surface area contributed by atoms with Gasteiger partial charge in [-0.1, -0.05) is 19.1 Å². The molecule has 0 spiro atoms. The van der Waals surface area contributed by atoms with Crippen LogP contribution in [0.3, 0.4) is 0 Å². The number of ether oxygens (including phenoxy) is 1. The monoisotopic (exact) mass is 206 g/mol. The van der Waals surface area contributed by atoms with Crippen molar-refractivity contribution in [2.45, 2.75) is 37.7 Å². The summed E-state index contributed by atoms with van der Waals surface area (Å²) in [6.07, 6.45) is 2.85. The maximum absolute atomic E-state index is 9.91. The molecule has 0 saturated heterocycles. The molecule has 2 nitrogen and oxygen atoms in total. The van der Waals surface area contributed by atoms with Crippen molar-refractivity contribution in [3.63, 3.8) is 0 Å². The summed E-state index contributed by atoms with van der Waals surface area (Å²) in [5.74, 6) is 0.874. The van der Waals surface area contributed by atoms with E-state index < -0.39 is 0 Å². The molecule has 1 N–H and O–H groups in total. The van der Waals surface area contributed by atoms with Gasteiger partial charge in [0, 0.05) is 5.41 Å². The van der Waals surface area contributed by atoms with Crippen LogP contribution in [0.2, 0.25) is 0 Å². The van der Waals surface area contributed by atoms with Crippen LogP contribution in [-0.4, -0.2) is 18.3 Å². The van der Waals surface area contributed by atoms with Crippen molar-refractivity contribution >= 4 is 0 Å². The smallest absolute Gasteiger partial charge is 0.118 e. The summed E-state index contributed by atoms with van der Waals surface area (Å²) < 4.78 is 5.13. The SMILES string of the molecule is CC[C@]1(c2ccc(OC)cc2)CC[C@@H]1O. The van der Waals surface area contributed by atoms with E-state index in [0.29, 0.717) is 0 Å². The molecule has 0 bridgehead atoms. The average molecular weight is 206 g/mol. The molecule has 0 amide bonds. The molecule has 1 aromatic carbocycles. The lowest BCUT2D eigenvalue weighted by Crippen LogP contribution is -2.48. The third-order valence-electron chi connectivity index (χ3n) is 3.80. The van der Waals surface area contributed by atoms with E-state index in [9.17, 15) is 5.11 Å². The summed E-state index contributed by atoms with van der Waals surface area (Å²) in [5.41, 5.74) is 1.25. The third-order valence-corrected chi connectivity index (χ3v) is 3.80. The van der Waals surface area contributed by atoms with Gasteiger partial charge in [-0.2, -0.15) is 0 Å². The van der Waals surface area contributed by atoms with Crippen molar-refractivity contribution in [1.29, 1.82) is 0 Å². The van der Waals surface area contributed by atoms with Gasteiger partial charge in [0.25, 0.3) is 0 Å². The fourth-order valence-electron chi connectivity index (χ4n) is 2.50. The quantitative estimate of drug-likeness (QED) is 0.823. The predicted octanol–water partition coefficient (Wildman–Crippen LogP) is 2.50. The lowest BCUT2D eigenvalue weighted by molar-refractivity contribution is -0.00952. The predicted molar refractivity (Wildman–Crippen MR) is 60.2 cm³/mol. The van der Waals surface area contributed by atoms with Crippen LogP contribution in [0.25, 0.3) is 0 Å². The number of hydrogen-bond acceptors (Lipinski definition) is 2. The molecule has 2 heteroatoms. The Hall–Kier alpha value is -1.02. The lowest BCUT2D eigenvalue weighted by Gasteiger charge is -2.47. The standard InChI is InChI=1S/C13H18O2/c1-3-13(9-8-12(13)14)10-4-6-11(15-2)7-5-10/h4-7,12,14H,3,8-9H2,1-2H3/t12-,13+/m0/s1. The van der Waals surface area contributed by atoms with E-state index in [-0.39, 0.29) is 11.5 Å². The maximum atomic E-state index is 9.91. The van der Waals surface area contributed by atoms with Crippen molar-refractivity contribution in [3.8, 4) is 5.75 Å². The highest BCUT2D eigenvalue weighted by Gasteiger charge is 2.45. The molecule has 1 saturated carbocycles. The normalized spacial score (nSPS) is 29.7. The topological polar surface area (TPSA) is 29.5 Å². The average Bonchev–Trinajstić information content (AvgIpc) is 2.29. The van der Waals surface area contributed by atoms with Gasteiger partial charge in [-0.3, -0.25) is 0 Å². The van der Waals surface area contributed by atoms with Crippen molar-refractivity contribution in [2.24, 2.45) is 0 Å². The Balaban J connectivity index is 2.28. The van der Waals surface area contributed by atoms with E-state index in [1.807, 2.05) is 12.1 Å². The molecule has 1 aromatic rings. The molecular formula is C13H18O2. The van der Waals surface area contributed by atoms with Gasteiger partial charge in [0.15, 0.2) is 0 Å². The van der Waals surface area contributed by atoms with Crippen LogP contribution in [0.5, 0.6) is 5.75 Å². The van der Waals surface area contributed by atoms with E-state index >= 15 is 0 Å². The van der Waals surface area contributed by atoms with Gasteiger partial charge in [0.1, 0.15) is 5.75 Å². The highest BCUT2D eigenvalue weighted by molar-refractivity contribution is 5.35. The van der Waals surface area contributed by atoms with Gasteiger partial charge >= 0.3 is 0 Å². The highest BCUT2D eigenvalue weighted by Crippen LogP contribution is 2.46. The van der Waals surface area contributed by atoms with Gasteiger partial charge in [-0.05, 0) is 37.0 Å². The molecule has 82 valence electrons. The maximum Gasteiger partial charge on any atom is 0.118 e. The second-order valence-electron chi connectivity index (χ2n) is 4.29. The summed E-state index contributed by atoms with van der Waals surface area (Å²) in [6, 6.07) is 8.09. The van der Waals surface area contributed by atoms with Gasteiger partial charge in [-0.25, -0.2) is 0 Å². The first-order chi connectivity index (χ1) is 7.23. The lowest BCUT2D eigenvalue weighted by atomic mass is 9.60. The van der Waals surface area contributed by atoms with Crippen LogP contribution < -0.4 is 4.74 Å². The van der Waals surface area contributed by atoms with Crippen molar-refractivity contribution in [2.75, 3.05) is 7.11 Å². The van der Waals surface area contributed by atoms with E-state index in [4.69, 9.17) is 4.74 Å². The van der Waals surface area contributed by atoms with Gasteiger partial charge in [-0.15, -0.1) is 0 Å². The number of rotatable bonds is 3. The van der Waals surface area contributed by atoms with Crippen LogP contribution in [-0.2, 0) is 5.41 Å². The molecule has 2 atom stereocenters. The van der Waals surface area contributed by atoms with Crippen molar-refractivity contribution in [3.05, 3.63) is 29.8 Å². The molecule has 1 aliphatic rings. The highest BCUT2D eigenvalue weighted by atomic mass is 16.5. The number of hydrogen-bond donors (Lipinski definition) is 1. The van der Waals surface area contributed by atoms with E-state index in [1.54, 1.807) is 7.11 Å². The number of aliphatic hydroxyl groups excluding tert-OH is 1. The molecule has 1 fully saturated rings. The summed E-state index contributed by atoms with van der Waals surface area (Å²) in [6.45, 7) is 2.15. The minimum atomic E-state index is -0.170. The van der Waals surface area contributed by atoms with Crippen LogP contribution in [0.1, 0.15) is 31.7 Å². The Kier molecular flexibility index (Phi) is 2.70. The molecule has 0 unspecified atom stereocenters. The molecule has 1 aliphatic carbocycles. The van der Waals surface area contributed by atoms with Gasteiger partial charge in [0.05, 0.1) is 13.2 Å². The van der Waals surface area contributed by atoms with Gasteiger partial charge < -0.3 is 9.84 Å². The van der Waals surface area contributed by atoms with Crippen LogP contribution in [0.4, 0.5) is 0 Å². The van der Waals surface area contributed by atoms with E-state index in [1.165, 1.54) is 5.56 Å². The van der Waals surface area contributed by atoms with Gasteiger partial charge in [0.2, 0.25) is 0 Å². The Labute approximate surface area is 90.9 Å². The zero-order valence-corrected chi connectivity index (χ0v) is 9.36. The molecule has 2 rings (SSSR count). The largest absolute Gasteiger partial charge is 0.497 e. The zero-order chi connectivity index (χ0) is 10.9. The first-order valence-corrected chi connectivity index (χ1v) is 5.55. The molecular weight excluding hydrogens is 188 g/mol. The van der Waals surface area contributed by atoms with Crippen LogP contribution >= 0.6 is 0 Å². The number of benzene rings is 1. The molecule has 15 heavy (non-hydrogen) atoms. The Morgan fingerprint density at radius 3 is 2.40 bits per heavy atom. The minimum absolute atomic E-state index is 0.00622. The summed E-state index contributed by atoms with van der Waals surface area (Å²) in [5, 5.41) is 9.91. The Morgan fingerprint density at radius 2 is 2.07 bits per heavy atom. The molecule has 0 aromatic heterocycles. The molecule has 0 heterocycles. The third kappa shape index (κ3) is 1.53. The Morgan fingerprint density at radius 1 is 1.40 bits per heavy atom. The zero-order valence-electron chi connectivity index (χ0n) is 9.36. The molecule has 0 radical (unpaired) electrons. The second-order valence-corrected chi connectivity index (χ2v) is 4.29. The first-order valence-electron chi connectivity index (χ1n) is 5.55. The van der Waals surface area contributed by atoms with Crippen LogP contribution in [0, 0.1) is 0 Å². The number of aliphatic hydroxyl groups is 1. The van der Waals surface area contributed by atoms with Crippen molar-refractivity contribution < 1.29 is 9.84 Å². The fourth-order valence-corrected chi connectivity index (χ4v) is 2.50. The number of methoxy groups -OCH3 is 1. The summed E-state index contributed by atoms with van der Waals surface area (Å²) >= 11 is 0. The first kappa shape index (κ1) is 10.5. The summed E-state index contributed by atoms with van der Waals surface area (Å²) in [4.78, 5) is 0. The second kappa shape index (κ2) is 3.86. The van der Waals surface area contributed by atoms with Crippen molar-refractivity contribution in [1.82, 2.24) is 0 Å². The van der Waals surface area contributed by atoms with Crippen LogP contribution in [0.15, 0.2) is 24.3 Å². The minimum Gasteiger partial charge on any atom is -0.497 e. The molecule has 0 aliphatic heterocycles. The van der Waals surface area contributed by atoms with E-state index in [2.05, 4.69) is 19.1 Å². The Bertz CT molecular complexity index is 327. The van der Waals surface area contributed by atoms with E-state index in [0.717, 1.165) is 25.0 Å².